The second-order valence-corrected chi connectivity index (χ2v) is 7.73. The van der Waals surface area contributed by atoms with E-state index in [1.807, 2.05) is 6.92 Å². The van der Waals surface area contributed by atoms with Crippen LogP contribution in [0.4, 0.5) is 19.6 Å². The number of fused-ring (bicyclic) bond motifs is 2. The summed E-state index contributed by atoms with van der Waals surface area (Å²) in [7, 11) is 0. The van der Waals surface area contributed by atoms with Crippen molar-refractivity contribution >= 4 is 44.2 Å². The van der Waals surface area contributed by atoms with E-state index < -0.39 is 35.5 Å². The Bertz CT molecular complexity index is 1150. The number of thiazole rings is 1. The molecule has 9 heteroatoms. The van der Waals surface area contributed by atoms with Crippen molar-refractivity contribution in [3.05, 3.63) is 47.5 Å². The number of anilines is 2. The fraction of sp³-hybridized carbons (Fsp3) is 0.211. The molecule has 0 saturated carbocycles. The SMILES string of the molecule is Cc1ccc2c(c1)N(c1nc3c(F)c(F)ccc3s1)C(=O)C(C)(CC(=O)O)O2. The molecule has 1 amide bonds. The zero-order chi connectivity index (χ0) is 20.2. The van der Waals surface area contributed by atoms with Gasteiger partial charge in [0.2, 0.25) is 0 Å². The molecule has 2 aromatic carbocycles. The van der Waals surface area contributed by atoms with Crippen LogP contribution in [0, 0.1) is 18.6 Å². The molecule has 1 aromatic heterocycles. The number of nitrogens with zero attached hydrogens (tertiary/aromatic N) is 2. The number of hydrogen-bond acceptors (Lipinski definition) is 5. The summed E-state index contributed by atoms with van der Waals surface area (Å²) >= 11 is 1.00. The number of aliphatic carboxylic acids is 1. The summed E-state index contributed by atoms with van der Waals surface area (Å²) in [6.45, 7) is 3.20. The van der Waals surface area contributed by atoms with E-state index in [4.69, 9.17) is 4.74 Å². The third-order valence-electron chi connectivity index (χ3n) is 4.47. The highest BCUT2D eigenvalue weighted by molar-refractivity contribution is 7.22. The smallest absolute Gasteiger partial charge is 0.307 e. The van der Waals surface area contributed by atoms with Crippen LogP contribution in [0.3, 0.4) is 0 Å². The van der Waals surface area contributed by atoms with Crippen molar-refractivity contribution < 1.29 is 28.2 Å². The third kappa shape index (κ3) is 2.78. The normalized spacial score (nSPS) is 18.9. The van der Waals surface area contributed by atoms with E-state index >= 15 is 0 Å². The molecule has 0 spiro atoms. The maximum atomic E-state index is 14.1. The summed E-state index contributed by atoms with van der Waals surface area (Å²) in [6, 6.07) is 7.47. The van der Waals surface area contributed by atoms with Gasteiger partial charge in [-0.25, -0.2) is 18.7 Å². The maximum Gasteiger partial charge on any atom is 0.307 e. The Kier molecular flexibility index (Phi) is 4.07. The van der Waals surface area contributed by atoms with Crippen LogP contribution >= 0.6 is 11.3 Å². The molecular weight excluding hydrogens is 390 g/mol. The molecule has 1 atom stereocenters. The molecule has 6 nitrogen and oxygen atoms in total. The molecule has 3 aromatic rings. The second-order valence-electron chi connectivity index (χ2n) is 6.72. The number of carbonyl (C=O) groups excluding carboxylic acids is 1. The van der Waals surface area contributed by atoms with Crippen LogP contribution in [0.25, 0.3) is 10.2 Å². The highest BCUT2D eigenvalue weighted by atomic mass is 32.1. The van der Waals surface area contributed by atoms with Crippen LogP contribution in [0.1, 0.15) is 18.9 Å². The first-order valence-corrected chi connectivity index (χ1v) is 9.12. The molecule has 0 bridgehead atoms. The quantitative estimate of drug-likeness (QED) is 0.709. The number of amides is 1. The predicted octanol–water partition coefficient (Wildman–Crippen LogP) is 4.17. The first-order valence-electron chi connectivity index (χ1n) is 8.30. The lowest BCUT2D eigenvalue weighted by Gasteiger charge is -2.39. The molecular formula is C19H14F2N2O4S. The molecule has 1 aliphatic rings. The number of rotatable bonds is 3. The van der Waals surface area contributed by atoms with Gasteiger partial charge in [0, 0.05) is 0 Å². The van der Waals surface area contributed by atoms with Gasteiger partial charge in [-0.05, 0) is 43.7 Å². The van der Waals surface area contributed by atoms with Crippen molar-refractivity contribution in [3.63, 3.8) is 0 Å². The number of benzene rings is 2. The Morgan fingerprint density at radius 2 is 2.07 bits per heavy atom. The first-order chi connectivity index (χ1) is 13.2. The highest BCUT2D eigenvalue weighted by Crippen LogP contribution is 2.45. The standard InChI is InChI=1S/C19H14F2N2O4S/c1-9-3-5-12-11(7-9)23(17(26)19(2,27-12)8-14(24)25)18-22-16-13(28-18)6-4-10(20)15(16)21/h3-7H,8H2,1-2H3,(H,24,25). The van der Waals surface area contributed by atoms with Gasteiger partial charge in [-0.3, -0.25) is 9.59 Å². The van der Waals surface area contributed by atoms with Crippen LogP contribution in [-0.4, -0.2) is 27.6 Å². The number of aromatic nitrogens is 1. The van der Waals surface area contributed by atoms with Gasteiger partial charge in [-0.15, -0.1) is 0 Å². The number of halogens is 2. The van der Waals surface area contributed by atoms with Crippen molar-refractivity contribution in [2.45, 2.75) is 25.9 Å². The van der Waals surface area contributed by atoms with Gasteiger partial charge in [-0.1, -0.05) is 17.4 Å². The summed E-state index contributed by atoms with van der Waals surface area (Å²) in [5, 5.41) is 9.33. The van der Waals surface area contributed by atoms with Crippen LogP contribution < -0.4 is 9.64 Å². The Morgan fingerprint density at radius 1 is 1.32 bits per heavy atom. The summed E-state index contributed by atoms with van der Waals surface area (Å²) in [5.74, 6) is -3.68. The second kappa shape index (κ2) is 6.23. The largest absolute Gasteiger partial charge is 0.481 e. The van der Waals surface area contributed by atoms with E-state index in [0.717, 1.165) is 23.0 Å². The fourth-order valence-electron chi connectivity index (χ4n) is 3.13. The zero-order valence-corrected chi connectivity index (χ0v) is 15.6. The molecule has 144 valence electrons. The minimum absolute atomic E-state index is 0.108. The topological polar surface area (TPSA) is 79.7 Å². The van der Waals surface area contributed by atoms with E-state index in [0.29, 0.717) is 16.1 Å². The molecule has 0 aliphatic carbocycles. The monoisotopic (exact) mass is 404 g/mol. The third-order valence-corrected chi connectivity index (χ3v) is 5.47. The van der Waals surface area contributed by atoms with Crippen molar-refractivity contribution in [1.82, 2.24) is 4.98 Å². The van der Waals surface area contributed by atoms with Gasteiger partial charge < -0.3 is 9.84 Å². The molecule has 0 radical (unpaired) electrons. The van der Waals surface area contributed by atoms with Gasteiger partial charge in [0.1, 0.15) is 11.3 Å². The zero-order valence-electron chi connectivity index (χ0n) is 14.8. The number of ether oxygens (including phenoxy) is 1. The van der Waals surface area contributed by atoms with E-state index in [2.05, 4.69) is 4.98 Å². The van der Waals surface area contributed by atoms with Crippen molar-refractivity contribution in [1.29, 1.82) is 0 Å². The Labute approximate surface area is 162 Å². The minimum Gasteiger partial charge on any atom is -0.481 e. The fourth-order valence-corrected chi connectivity index (χ4v) is 4.11. The Balaban J connectivity index is 1.93. The average molecular weight is 404 g/mol. The Hall–Kier alpha value is -3.07. The van der Waals surface area contributed by atoms with E-state index in [1.54, 1.807) is 18.2 Å². The molecule has 28 heavy (non-hydrogen) atoms. The molecule has 2 heterocycles. The molecule has 1 aliphatic heterocycles. The van der Waals surface area contributed by atoms with Gasteiger partial charge in [-0.2, -0.15) is 0 Å². The van der Waals surface area contributed by atoms with Crippen molar-refractivity contribution in [2.75, 3.05) is 4.90 Å². The summed E-state index contributed by atoms with van der Waals surface area (Å²) < 4.78 is 33.8. The number of carbonyl (C=O) groups is 2. The lowest BCUT2D eigenvalue weighted by molar-refractivity contribution is -0.148. The lowest BCUT2D eigenvalue weighted by Crippen LogP contribution is -2.53. The number of aryl methyl sites for hydroxylation is 1. The van der Waals surface area contributed by atoms with Gasteiger partial charge in [0.15, 0.2) is 22.4 Å². The molecule has 0 fully saturated rings. The van der Waals surface area contributed by atoms with Crippen LogP contribution in [0.2, 0.25) is 0 Å². The van der Waals surface area contributed by atoms with Crippen LogP contribution in [-0.2, 0) is 9.59 Å². The summed E-state index contributed by atoms with van der Waals surface area (Å²) in [6.07, 6.45) is -0.566. The summed E-state index contributed by atoms with van der Waals surface area (Å²) in [4.78, 5) is 29.9. The molecule has 1 unspecified atom stereocenters. The van der Waals surface area contributed by atoms with Crippen LogP contribution in [0.15, 0.2) is 30.3 Å². The maximum absolute atomic E-state index is 14.1. The number of carboxylic acid groups (broad SMARTS) is 1. The minimum atomic E-state index is -1.67. The molecule has 1 N–H and O–H groups in total. The van der Waals surface area contributed by atoms with E-state index in [-0.39, 0.29) is 10.6 Å². The molecule has 0 saturated heterocycles. The first kappa shape index (κ1) is 18.3. The lowest BCUT2D eigenvalue weighted by atomic mass is 9.97. The average Bonchev–Trinajstić information content (AvgIpc) is 3.04. The Morgan fingerprint density at radius 3 is 2.79 bits per heavy atom. The highest BCUT2D eigenvalue weighted by Gasteiger charge is 2.47. The van der Waals surface area contributed by atoms with Crippen molar-refractivity contribution in [2.24, 2.45) is 0 Å². The number of carboxylic acids is 1. The van der Waals surface area contributed by atoms with E-state index in [1.165, 1.54) is 17.9 Å². The van der Waals surface area contributed by atoms with Gasteiger partial charge >= 0.3 is 5.97 Å². The molecule has 4 rings (SSSR count). The van der Waals surface area contributed by atoms with Gasteiger partial charge in [0.25, 0.3) is 5.91 Å². The van der Waals surface area contributed by atoms with E-state index in [9.17, 15) is 23.5 Å². The van der Waals surface area contributed by atoms with Crippen molar-refractivity contribution in [3.8, 4) is 5.75 Å². The van der Waals surface area contributed by atoms with Crippen LogP contribution in [0.5, 0.6) is 5.75 Å². The van der Waals surface area contributed by atoms with Gasteiger partial charge in [0.05, 0.1) is 16.8 Å². The summed E-state index contributed by atoms with van der Waals surface area (Å²) in [5.41, 5.74) is -0.656. The predicted molar refractivity (Wildman–Crippen MR) is 99.1 cm³/mol. The number of hydrogen-bond donors (Lipinski definition) is 1.